The van der Waals surface area contributed by atoms with Gasteiger partial charge < -0.3 is 0 Å². The normalized spacial score (nSPS) is 11.6. The molecule has 1 N–H and O–H groups in total. The van der Waals surface area contributed by atoms with Gasteiger partial charge in [0.2, 0.25) is 0 Å². The molecule has 0 aromatic heterocycles. The maximum atomic E-state index is 12.3. The number of anilines is 1. The van der Waals surface area contributed by atoms with Gasteiger partial charge in [-0.3, -0.25) is 5.21 Å². The number of hydrogen-bond donors (Lipinski definition) is 1. The van der Waals surface area contributed by atoms with Crippen molar-refractivity contribution in [3.63, 3.8) is 0 Å². The molecule has 0 aliphatic heterocycles. The topological polar surface area (TPSA) is 23.5 Å². The Bertz CT molecular complexity index is 338. The van der Waals surface area contributed by atoms with Gasteiger partial charge in [-0.05, 0) is 24.6 Å². The molecule has 0 aliphatic carbocycles. The van der Waals surface area contributed by atoms with Crippen LogP contribution in [0.5, 0.6) is 0 Å². The fraction of sp³-hybridized carbons (Fsp3) is 0.250. The summed E-state index contributed by atoms with van der Waals surface area (Å²) in [4.78, 5) is 0. The molecular formula is C8H7F3INO. The van der Waals surface area contributed by atoms with Gasteiger partial charge in [0.1, 0.15) is 0 Å². The zero-order valence-corrected chi connectivity index (χ0v) is 9.30. The van der Waals surface area contributed by atoms with Crippen LogP contribution < -0.4 is 3.28 Å². The summed E-state index contributed by atoms with van der Waals surface area (Å²) in [5.74, 6) is 0. The summed E-state index contributed by atoms with van der Waals surface area (Å²) < 4.78 is 37.4. The van der Waals surface area contributed by atoms with Crippen molar-refractivity contribution in [1.82, 2.24) is 0 Å². The maximum absolute atomic E-state index is 12.3. The quantitative estimate of drug-likeness (QED) is 0.486. The van der Waals surface area contributed by atoms with Crippen molar-refractivity contribution in [2.75, 3.05) is 3.28 Å². The lowest BCUT2D eigenvalue weighted by atomic mass is 10.1. The predicted octanol–water partition coefficient (Wildman–Crippen LogP) is 3.56. The molecule has 0 spiro atoms. The van der Waals surface area contributed by atoms with Crippen LogP contribution in [-0.2, 0) is 6.18 Å². The standard InChI is InChI=1S/C8H7F3INO/c1-5-2-3-6(8(9,10)11)4-7(5)13(12)14/h2-4,14H,1H3. The van der Waals surface area contributed by atoms with E-state index >= 15 is 0 Å². The Hall–Kier alpha value is -0.500. The minimum Gasteiger partial charge on any atom is -0.279 e. The van der Waals surface area contributed by atoms with Gasteiger partial charge >= 0.3 is 6.18 Å². The second kappa shape index (κ2) is 3.93. The minimum atomic E-state index is -4.38. The van der Waals surface area contributed by atoms with Crippen molar-refractivity contribution < 1.29 is 18.4 Å². The third-order valence-electron chi connectivity index (χ3n) is 1.74. The summed E-state index contributed by atoms with van der Waals surface area (Å²) in [5.41, 5.74) is -0.0517. The Morgan fingerprint density at radius 2 is 1.93 bits per heavy atom. The number of nitrogens with zero attached hydrogens (tertiary/aromatic N) is 1. The van der Waals surface area contributed by atoms with Gasteiger partial charge in [-0.1, -0.05) is 6.07 Å². The fourth-order valence-corrected chi connectivity index (χ4v) is 1.50. The second-order valence-corrected chi connectivity index (χ2v) is 3.67. The first-order valence-corrected chi connectivity index (χ1v) is 4.61. The van der Waals surface area contributed by atoms with Crippen LogP contribution in [-0.4, -0.2) is 5.21 Å². The first-order valence-electron chi connectivity index (χ1n) is 3.65. The Balaban J connectivity index is 3.20. The molecule has 0 unspecified atom stereocenters. The Labute approximate surface area is 92.8 Å². The highest BCUT2D eigenvalue weighted by Crippen LogP contribution is 2.33. The lowest BCUT2D eigenvalue weighted by Gasteiger charge is -2.14. The van der Waals surface area contributed by atoms with Gasteiger partial charge in [0.25, 0.3) is 0 Å². The Morgan fingerprint density at radius 3 is 2.36 bits per heavy atom. The summed E-state index contributed by atoms with van der Waals surface area (Å²) in [6.45, 7) is 1.62. The average molecular weight is 317 g/mol. The van der Waals surface area contributed by atoms with E-state index in [9.17, 15) is 13.2 Å². The van der Waals surface area contributed by atoms with Crippen molar-refractivity contribution in [2.45, 2.75) is 13.1 Å². The molecule has 0 aliphatic rings. The fourth-order valence-electron chi connectivity index (χ4n) is 0.985. The van der Waals surface area contributed by atoms with Gasteiger partial charge in [0.05, 0.1) is 34.1 Å². The largest absolute Gasteiger partial charge is 0.416 e. The molecule has 0 heterocycles. The molecule has 6 heteroatoms. The number of aryl methyl sites for hydroxylation is 1. The molecule has 0 bridgehead atoms. The van der Waals surface area contributed by atoms with Crippen molar-refractivity contribution in [1.29, 1.82) is 0 Å². The molecule has 2 nitrogen and oxygen atoms in total. The molecular weight excluding hydrogens is 310 g/mol. The Morgan fingerprint density at radius 1 is 1.36 bits per heavy atom. The molecule has 1 aromatic carbocycles. The van der Waals surface area contributed by atoms with Crippen LogP contribution >= 0.6 is 22.9 Å². The van der Waals surface area contributed by atoms with Gasteiger partial charge in [-0.2, -0.15) is 16.4 Å². The van der Waals surface area contributed by atoms with Crippen LogP contribution in [0.25, 0.3) is 0 Å². The van der Waals surface area contributed by atoms with Crippen LogP contribution in [0.2, 0.25) is 0 Å². The molecule has 0 amide bonds. The van der Waals surface area contributed by atoms with Crippen LogP contribution in [0.4, 0.5) is 18.9 Å². The van der Waals surface area contributed by atoms with E-state index in [2.05, 4.69) is 0 Å². The summed E-state index contributed by atoms with van der Waals surface area (Å²) in [5, 5.41) is 9.05. The van der Waals surface area contributed by atoms with Crippen molar-refractivity contribution in [2.24, 2.45) is 0 Å². The van der Waals surface area contributed by atoms with E-state index in [-0.39, 0.29) is 5.69 Å². The first kappa shape index (κ1) is 11.6. The van der Waals surface area contributed by atoms with E-state index in [4.69, 9.17) is 5.21 Å². The molecule has 14 heavy (non-hydrogen) atoms. The van der Waals surface area contributed by atoms with Crippen LogP contribution in [0.1, 0.15) is 11.1 Å². The van der Waals surface area contributed by atoms with E-state index < -0.39 is 11.7 Å². The number of hydrogen-bond acceptors (Lipinski definition) is 2. The average Bonchev–Trinajstić information content (AvgIpc) is 2.02. The van der Waals surface area contributed by atoms with Crippen molar-refractivity contribution >= 4 is 28.6 Å². The third-order valence-corrected chi connectivity index (χ3v) is 2.25. The summed E-state index contributed by atoms with van der Waals surface area (Å²) in [7, 11) is 0. The smallest absolute Gasteiger partial charge is 0.279 e. The van der Waals surface area contributed by atoms with Crippen LogP contribution in [0.15, 0.2) is 18.2 Å². The van der Waals surface area contributed by atoms with Gasteiger partial charge in [-0.25, -0.2) is 0 Å². The molecule has 0 atom stereocenters. The summed E-state index contributed by atoms with van der Waals surface area (Å²) >= 11 is 1.50. The summed E-state index contributed by atoms with van der Waals surface area (Å²) in [6.07, 6.45) is -4.38. The number of rotatable bonds is 1. The lowest BCUT2D eigenvalue weighted by molar-refractivity contribution is -0.137. The highest BCUT2D eigenvalue weighted by atomic mass is 127. The van der Waals surface area contributed by atoms with E-state index in [1.807, 2.05) is 0 Å². The number of benzene rings is 1. The molecule has 78 valence electrons. The third kappa shape index (κ3) is 2.50. The highest BCUT2D eigenvalue weighted by Gasteiger charge is 2.31. The number of halogens is 4. The van der Waals surface area contributed by atoms with Crippen LogP contribution in [0, 0.1) is 6.92 Å². The van der Waals surface area contributed by atoms with Crippen LogP contribution in [0.3, 0.4) is 0 Å². The lowest BCUT2D eigenvalue weighted by Crippen LogP contribution is -2.08. The molecule has 0 fully saturated rings. The SMILES string of the molecule is Cc1ccc(C(F)(F)F)cc1N(O)I. The molecule has 1 aromatic rings. The van der Waals surface area contributed by atoms with Crippen molar-refractivity contribution in [3.8, 4) is 0 Å². The molecule has 0 saturated carbocycles. The molecule has 0 radical (unpaired) electrons. The van der Waals surface area contributed by atoms with E-state index in [1.165, 1.54) is 28.9 Å². The van der Waals surface area contributed by atoms with E-state index in [1.54, 1.807) is 6.92 Å². The van der Waals surface area contributed by atoms with E-state index in [0.717, 1.165) is 12.1 Å². The van der Waals surface area contributed by atoms with Gasteiger partial charge in [-0.15, -0.1) is 0 Å². The molecule has 0 saturated heterocycles. The van der Waals surface area contributed by atoms with Gasteiger partial charge in [0.15, 0.2) is 0 Å². The van der Waals surface area contributed by atoms with Gasteiger partial charge in [0, 0.05) is 0 Å². The number of alkyl halides is 3. The zero-order chi connectivity index (χ0) is 10.9. The monoisotopic (exact) mass is 317 g/mol. The highest BCUT2D eigenvalue weighted by molar-refractivity contribution is 14.1. The zero-order valence-electron chi connectivity index (χ0n) is 7.14. The minimum absolute atomic E-state index is 0.139. The second-order valence-electron chi connectivity index (χ2n) is 2.76. The maximum Gasteiger partial charge on any atom is 0.416 e. The first-order chi connectivity index (χ1) is 6.32. The van der Waals surface area contributed by atoms with E-state index in [0.29, 0.717) is 8.84 Å². The van der Waals surface area contributed by atoms with Crippen molar-refractivity contribution in [3.05, 3.63) is 29.3 Å². The molecule has 1 rings (SSSR count). The Kier molecular flexibility index (Phi) is 3.25. The summed E-state index contributed by atoms with van der Waals surface area (Å²) in [6, 6.07) is 3.21. The predicted molar refractivity (Wildman–Crippen MR) is 54.5 cm³/mol.